The number of hydrogen-bond donors (Lipinski definition) is 2. The van der Waals surface area contributed by atoms with E-state index in [2.05, 4.69) is 12.2 Å². The van der Waals surface area contributed by atoms with Crippen LogP contribution in [0.5, 0.6) is 0 Å². The first kappa shape index (κ1) is 12.2. The van der Waals surface area contributed by atoms with E-state index in [0.717, 1.165) is 11.5 Å². The molecular weight excluding hydrogens is 190 g/mol. The van der Waals surface area contributed by atoms with Crippen LogP contribution in [0.3, 0.4) is 0 Å². The molecule has 1 saturated carbocycles. The first-order valence-corrected chi connectivity index (χ1v) is 5.73. The molecule has 0 radical (unpaired) electrons. The molecule has 0 amide bonds. The average Bonchev–Trinajstić information content (AvgIpc) is 2.65. The van der Waals surface area contributed by atoms with E-state index in [9.17, 15) is 4.79 Å². The molecule has 1 rings (SSSR count). The van der Waals surface area contributed by atoms with Gasteiger partial charge in [-0.3, -0.25) is 0 Å². The third kappa shape index (κ3) is 4.47. The third-order valence-corrected chi connectivity index (χ3v) is 3.18. The highest BCUT2D eigenvalue weighted by Gasteiger charge is 2.20. The van der Waals surface area contributed by atoms with Crippen molar-refractivity contribution in [3.63, 3.8) is 0 Å². The van der Waals surface area contributed by atoms with Crippen LogP contribution in [-0.2, 0) is 4.79 Å². The van der Waals surface area contributed by atoms with E-state index in [4.69, 9.17) is 5.11 Å². The van der Waals surface area contributed by atoms with Crippen LogP contribution in [0.1, 0.15) is 39.5 Å². The second-order valence-corrected chi connectivity index (χ2v) is 4.54. The second-order valence-electron chi connectivity index (χ2n) is 4.54. The molecule has 0 saturated heterocycles. The molecule has 3 heteroatoms. The van der Waals surface area contributed by atoms with Crippen molar-refractivity contribution in [2.45, 2.75) is 45.6 Å². The molecular formula is C12H21NO2. The zero-order valence-corrected chi connectivity index (χ0v) is 9.62. The molecule has 86 valence electrons. The maximum absolute atomic E-state index is 10.4. The minimum atomic E-state index is -0.859. The molecule has 1 aliphatic carbocycles. The molecule has 15 heavy (non-hydrogen) atoms. The molecule has 0 unspecified atom stereocenters. The highest BCUT2D eigenvalue weighted by atomic mass is 16.4. The zero-order valence-electron chi connectivity index (χ0n) is 9.62. The highest BCUT2D eigenvalue weighted by molar-refractivity contribution is 5.80. The van der Waals surface area contributed by atoms with Gasteiger partial charge in [0.25, 0.3) is 0 Å². The fourth-order valence-corrected chi connectivity index (χ4v) is 2.21. The Morgan fingerprint density at radius 2 is 2.13 bits per heavy atom. The summed E-state index contributed by atoms with van der Waals surface area (Å²) >= 11 is 0. The smallest absolute Gasteiger partial charge is 0.328 e. The zero-order chi connectivity index (χ0) is 11.3. The van der Waals surface area contributed by atoms with E-state index >= 15 is 0 Å². The Morgan fingerprint density at radius 3 is 2.67 bits per heavy atom. The van der Waals surface area contributed by atoms with Gasteiger partial charge in [-0.15, -0.1) is 0 Å². The van der Waals surface area contributed by atoms with Gasteiger partial charge in [-0.1, -0.05) is 18.4 Å². The van der Waals surface area contributed by atoms with E-state index in [0.29, 0.717) is 12.6 Å². The van der Waals surface area contributed by atoms with Gasteiger partial charge in [-0.2, -0.15) is 0 Å². The normalized spacial score (nSPS) is 20.5. The van der Waals surface area contributed by atoms with E-state index in [-0.39, 0.29) is 0 Å². The predicted octanol–water partition coefficient (Wildman–Crippen LogP) is 2.19. The van der Waals surface area contributed by atoms with Crippen LogP contribution in [-0.4, -0.2) is 23.7 Å². The number of carboxylic acids is 1. The van der Waals surface area contributed by atoms with Crippen LogP contribution in [0, 0.1) is 5.92 Å². The highest BCUT2D eigenvalue weighted by Crippen LogP contribution is 2.27. The number of aliphatic carboxylic acids is 1. The average molecular weight is 211 g/mol. The topological polar surface area (TPSA) is 49.3 Å². The van der Waals surface area contributed by atoms with Crippen molar-refractivity contribution in [1.82, 2.24) is 5.32 Å². The van der Waals surface area contributed by atoms with Crippen molar-refractivity contribution in [3.8, 4) is 0 Å². The molecule has 0 aliphatic heterocycles. The Bertz CT molecular complexity index is 242. The van der Waals surface area contributed by atoms with Crippen LogP contribution in [0.2, 0.25) is 0 Å². The number of nitrogens with one attached hydrogen (secondary N) is 1. The number of rotatable bonds is 5. The first-order valence-electron chi connectivity index (χ1n) is 5.73. The summed E-state index contributed by atoms with van der Waals surface area (Å²) in [7, 11) is 0. The van der Waals surface area contributed by atoms with Crippen LogP contribution >= 0.6 is 0 Å². The second kappa shape index (κ2) is 5.91. The fourth-order valence-electron chi connectivity index (χ4n) is 2.21. The summed E-state index contributed by atoms with van der Waals surface area (Å²) in [4.78, 5) is 10.4. The van der Waals surface area contributed by atoms with Crippen LogP contribution < -0.4 is 5.32 Å². The summed E-state index contributed by atoms with van der Waals surface area (Å²) < 4.78 is 0. The minimum absolute atomic E-state index is 0.504. The van der Waals surface area contributed by atoms with Gasteiger partial charge in [-0.05, 0) is 32.6 Å². The number of carbonyl (C=O) groups is 1. The van der Waals surface area contributed by atoms with E-state index in [1.807, 2.05) is 6.92 Å². The predicted molar refractivity (Wildman–Crippen MR) is 60.8 cm³/mol. The maximum atomic E-state index is 10.4. The summed E-state index contributed by atoms with van der Waals surface area (Å²) in [6.07, 6.45) is 6.60. The SMILES string of the molecule is CC(=CC(=O)O)CN[C@H](C)C1CCCC1. The Labute approximate surface area is 91.6 Å². The summed E-state index contributed by atoms with van der Waals surface area (Å²) in [5, 5.41) is 12.0. The molecule has 1 fully saturated rings. The summed E-state index contributed by atoms with van der Waals surface area (Å²) in [5.74, 6) is -0.0783. The van der Waals surface area contributed by atoms with Gasteiger partial charge in [0.15, 0.2) is 0 Å². The number of hydrogen-bond acceptors (Lipinski definition) is 2. The summed E-state index contributed by atoms with van der Waals surface area (Å²) in [6.45, 7) is 4.73. The van der Waals surface area contributed by atoms with Gasteiger partial charge in [0, 0.05) is 18.7 Å². The van der Waals surface area contributed by atoms with E-state index in [1.54, 1.807) is 0 Å². The Morgan fingerprint density at radius 1 is 1.53 bits per heavy atom. The Balaban J connectivity index is 2.26. The van der Waals surface area contributed by atoms with Crippen molar-refractivity contribution in [1.29, 1.82) is 0 Å². The monoisotopic (exact) mass is 211 g/mol. The molecule has 1 aliphatic rings. The van der Waals surface area contributed by atoms with Crippen LogP contribution in [0.4, 0.5) is 0 Å². The molecule has 0 aromatic heterocycles. The van der Waals surface area contributed by atoms with Gasteiger partial charge < -0.3 is 10.4 Å². The lowest BCUT2D eigenvalue weighted by Crippen LogP contribution is -2.33. The molecule has 0 aromatic rings. The minimum Gasteiger partial charge on any atom is -0.478 e. The van der Waals surface area contributed by atoms with E-state index < -0.39 is 5.97 Å². The van der Waals surface area contributed by atoms with E-state index in [1.165, 1.54) is 31.8 Å². The standard InChI is InChI=1S/C12H21NO2/c1-9(7-12(14)15)8-13-10(2)11-5-3-4-6-11/h7,10-11,13H,3-6,8H2,1-2H3,(H,14,15)/t10-/m1/s1. The fraction of sp³-hybridized carbons (Fsp3) is 0.750. The van der Waals surface area contributed by atoms with Crippen molar-refractivity contribution >= 4 is 5.97 Å². The molecule has 0 bridgehead atoms. The largest absolute Gasteiger partial charge is 0.478 e. The molecule has 0 heterocycles. The van der Waals surface area contributed by atoms with Crippen molar-refractivity contribution in [3.05, 3.63) is 11.6 Å². The van der Waals surface area contributed by atoms with Gasteiger partial charge in [0.1, 0.15) is 0 Å². The molecule has 0 aromatic carbocycles. The van der Waals surface area contributed by atoms with Gasteiger partial charge in [0.2, 0.25) is 0 Å². The first-order chi connectivity index (χ1) is 7.09. The summed E-state index contributed by atoms with van der Waals surface area (Å²) in [5.41, 5.74) is 0.882. The maximum Gasteiger partial charge on any atom is 0.328 e. The van der Waals surface area contributed by atoms with Crippen molar-refractivity contribution in [2.75, 3.05) is 6.54 Å². The molecule has 1 atom stereocenters. The van der Waals surface area contributed by atoms with Crippen LogP contribution in [0.25, 0.3) is 0 Å². The van der Waals surface area contributed by atoms with Crippen molar-refractivity contribution in [2.24, 2.45) is 5.92 Å². The van der Waals surface area contributed by atoms with Gasteiger partial charge in [-0.25, -0.2) is 4.79 Å². The molecule has 2 N–H and O–H groups in total. The lowest BCUT2D eigenvalue weighted by atomic mass is 10.00. The van der Waals surface area contributed by atoms with Crippen LogP contribution in [0.15, 0.2) is 11.6 Å². The Kier molecular flexibility index (Phi) is 4.82. The lowest BCUT2D eigenvalue weighted by molar-refractivity contribution is -0.131. The van der Waals surface area contributed by atoms with Gasteiger partial charge >= 0.3 is 5.97 Å². The molecule has 0 spiro atoms. The number of carboxylic acid groups (broad SMARTS) is 1. The quantitative estimate of drug-likeness (QED) is 0.685. The summed E-state index contributed by atoms with van der Waals surface area (Å²) in [6, 6.07) is 0.504. The third-order valence-electron chi connectivity index (χ3n) is 3.18. The Hall–Kier alpha value is -0.830. The van der Waals surface area contributed by atoms with Crippen molar-refractivity contribution < 1.29 is 9.90 Å². The van der Waals surface area contributed by atoms with Gasteiger partial charge in [0.05, 0.1) is 0 Å². The lowest BCUT2D eigenvalue weighted by Gasteiger charge is -2.20. The molecule has 3 nitrogen and oxygen atoms in total.